The van der Waals surface area contributed by atoms with Gasteiger partial charge in [-0.2, -0.15) is 0 Å². The average molecular weight is 397 g/mol. The Balaban J connectivity index is 1.63. The maximum absolute atomic E-state index is 5.97. The second-order valence-corrected chi connectivity index (χ2v) is 7.69. The van der Waals surface area contributed by atoms with E-state index in [1.807, 2.05) is 25.4 Å². The van der Waals surface area contributed by atoms with Gasteiger partial charge in [-0.15, -0.1) is 0 Å². The Bertz CT molecular complexity index is 886. The molecule has 6 heteroatoms. The van der Waals surface area contributed by atoms with Crippen LogP contribution < -0.4 is 5.32 Å². The Morgan fingerprint density at radius 1 is 1.11 bits per heavy atom. The molecule has 1 fully saturated rings. The van der Waals surface area contributed by atoms with E-state index < -0.39 is 0 Å². The summed E-state index contributed by atoms with van der Waals surface area (Å²) >= 11 is 5.97. The van der Waals surface area contributed by atoms with E-state index in [4.69, 9.17) is 21.3 Å². The van der Waals surface area contributed by atoms with E-state index in [0.29, 0.717) is 10.9 Å². The van der Waals surface area contributed by atoms with Gasteiger partial charge in [-0.3, -0.25) is 9.97 Å². The molecule has 146 valence electrons. The zero-order chi connectivity index (χ0) is 19.3. The van der Waals surface area contributed by atoms with E-state index in [-0.39, 0.29) is 5.92 Å². The van der Waals surface area contributed by atoms with Gasteiger partial charge in [0.2, 0.25) is 0 Å². The summed E-state index contributed by atoms with van der Waals surface area (Å²) in [4.78, 5) is 12.7. The second kappa shape index (κ2) is 8.76. The highest BCUT2D eigenvalue weighted by atomic mass is 35.5. The molecule has 1 atom stereocenters. The van der Waals surface area contributed by atoms with E-state index in [1.54, 1.807) is 6.20 Å². The molecule has 0 spiro atoms. The Morgan fingerprint density at radius 2 is 1.96 bits per heavy atom. The molecule has 3 aromatic heterocycles. The van der Waals surface area contributed by atoms with Crippen molar-refractivity contribution in [2.24, 2.45) is 5.92 Å². The third-order valence-corrected chi connectivity index (χ3v) is 5.65. The lowest BCUT2D eigenvalue weighted by Gasteiger charge is -2.26. The van der Waals surface area contributed by atoms with Crippen molar-refractivity contribution < 1.29 is 4.74 Å². The third kappa shape index (κ3) is 4.37. The molecule has 1 aliphatic heterocycles. The number of rotatable bonds is 6. The van der Waals surface area contributed by atoms with Crippen molar-refractivity contribution in [3.05, 3.63) is 65.2 Å². The minimum atomic E-state index is 0.218. The van der Waals surface area contributed by atoms with Crippen LogP contribution in [-0.4, -0.2) is 35.2 Å². The van der Waals surface area contributed by atoms with Gasteiger partial charge >= 0.3 is 0 Å². The van der Waals surface area contributed by atoms with Crippen LogP contribution in [0.2, 0.25) is 5.02 Å². The predicted molar refractivity (Wildman–Crippen MR) is 113 cm³/mol. The molecule has 0 saturated carbocycles. The molecule has 0 radical (unpaired) electrons. The van der Waals surface area contributed by atoms with Crippen molar-refractivity contribution in [3.63, 3.8) is 0 Å². The van der Waals surface area contributed by atoms with Crippen molar-refractivity contribution in [1.82, 2.24) is 15.0 Å². The van der Waals surface area contributed by atoms with Crippen LogP contribution in [0.5, 0.6) is 0 Å². The lowest BCUT2D eigenvalue weighted by atomic mass is 9.85. The monoisotopic (exact) mass is 396 g/mol. The van der Waals surface area contributed by atoms with Crippen LogP contribution in [0.1, 0.15) is 36.6 Å². The van der Waals surface area contributed by atoms with Crippen molar-refractivity contribution >= 4 is 17.3 Å². The Hall–Kier alpha value is -2.37. The van der Waals surface area contributed by atoms with E-state index in [9.17, 15) is 0 Å². The Labute approximate surface area is 170 Å². The first-order valence-corrected chi connectivity index (χ1v) is 10.1. The molecule has 1 aliphatic rings. The molecule has 0 amide bonds. The number of aromatic amines is 1. The molecule has 4 rings (SSSR count). The van der Waals surface area contributed by atoms with Crippen molar-refractivity contribution in [2.45, 2.75) is 25.2 Å². The topological polar surface area (TPSA) is 62.8 Å². The van der Waals surface area contributed by atoms with Gasteiger partial charge < -0.3 is 15.0 Å². The summed E-state index contributed by atoms with van der Waals surface area (Å²) in [6.07, 6.45) is 6.85. The van der Waals surface area contributed by atoms with Crippen LogP contribution in [0, 0.1) is 5.92 Å². The lowest BCUT2D eigenvalue weighted by Crippen LogP contribution is -2.19. The van der Waals surface area contributed by atoms with E-state index in [0.717, 1.165) is 55.2 Å². The maximum Gasteiger partial charge on any atom is 0.0865 e. The molecule has 0 aromatic carbocycles. The average Bonchev–Trinajstić information content (AvgIpc) is 3.23. The first-order valence-electron chi connectivity index (χ1n) is 9.75. The number of nitrogens with one attached hydrogen (secondary N) is 2. The van der Waals surface area contributed by atoms with Crippen LogP contribution in [0.25, 0.3) is 11.4 Å². The van der Waals surface area contributed by atoms with Gasteiger partial charge in [-0.05, 0) is 61.6 Å². The second-order valence-electron chi connectivity index (χ2n) is 7.25. The molecule has 0 bridgehead atoms. The number of ether oxygens (including phenoxy) is 1. The highest BCUT2D eigenvalue weighted by Gasteiger charge is 2.24. The van der Waals surface area contributed by atoms with E-state index >= 15 is 0 Å². The van der Waals surface area contributed by atoms with Crippen molar-refractivity contribution in [1.29, 1.82) is 0 Å². The van der Waals surface area contributed by atoms with Crippen LogP contribution in [0.4, 0.5) is 5.69 Å². The Kier molecular flexibility index (Phi) is 5.93. The van der Waals surface area contributed by atoms with Gasteiger partial charge in [0.25, 0.3) is 0 Å². The fourth-order valence-corrected chi connectivity index (χ4v) is 3.89. The summed E-state index contributed by atoms with van der Waals surface area (Å²) in [5, 5.41) is 3.78. The molecule has 1 saturated heterocycles. The number of pyridine rings is 2. The molecule has 1 unspecified atom stereocenters. The first-order chi connectivity index (χ1) is 13.7. The summed E-state index contributed by atoms with van der Waals surface area (Å²) < 4.78 is 5.54. The van der Waals surface area contributed by atoms with Crippen LogP contribution >= 0.6 is 11.6 Å². The number of hydrogen-bond donors (Lipinski definition) is 2. The normalized spacial score (nSPS) is 16.1. The van der Waals surface area contributed by atoms with Gasteiger partial charge in [-0.25, -0.2) is 0 Å². The van der Waals surface area contributed by atoms with Crippen LogP contribution in [0.3, 0.4) is 0 Å². The number of hydrogen-bond acceptors (Lipinski definition) is 4. The standard InChI is InChI=1S/C22H25ClN4O/c1-24-17-3-5-19(26-14-17)18(12-15-8-10-28-11-9-15)20-6-7-22(27-20)21-4-2-16(23)13-25-21/h2-7,13-15,18,24,27H,8-12H2,1H3. The zero-order valence-corrected chi connectivity index (χ0v) is 16.7. The smallest absolute Gasteiger partial charge is 0.0865 e. The van der Waals surface area contributed by atoms with Crippen LogP contribution in [-0.2, 0) is 4.74 Å². The number of nitrogens with zero attached hydrogens (tertiary/aromatic N) is 2. The molecular weight excluding hydrogens is 372 g/mol. The summed E-state index contributed by atoms with van der Waals surface area (Å²) in [6.45, 7) is 1.71. The summed E-state index contributed by atoms with van der Waals surface area (Å²) in [5.41, 5.74) is 5.16. The molecule has 0 aliphatic carbocycles. The predicted octanol–water partition coefficient (Wildman–Crippen LogP) is 5.12. The minimum absolute atomic E-state index is 0.218. The summed E-state index contributed by atoms with van der Waals surface area (Å²) in [6, 6.07) is 12.3. The summed E-state index contributed by atoms with van der Waals surface area (Å²) in [5.74, 6) is 0.861. The zero-order valence-electron chi connectivity index (χ0n) is 16.0. The minimum Gasteiger partial charge on any atom is -0.387 e. The maximum atomic E-state index is 5.97. The highest BCUT2D eigenvalue weighted by Crippen LogP contribution is 2.34. The number of aromatic nitrogens is 3. The first kappa shape index (κ1) is 19.0. The van der Waals surface area contributed by atoms with E-state index in [2.05, 4.69) is 39.6 Å². The number of H-pyrrole nitrogens is 1. The number of halogens is 1. The van der Waals surface area contributed by atoms with Crippen molar-refractivity contribution in [3.8, 4) is 11.4 Å². The van der Waals surface area contributed by atoms with Crippen molar-refractivity contribution in [2.75, 3.05) is 25.6 Å². The fourth-order valence-electron chi connectivity index (χ4n) is 3.78. The lowest BCUT2D eigenvalue weighted by molar-refractivity contribution is 0.0625. The Morgan fingerprint density at radius 3 is 2.64 bits per heavy atom. The van der Waals surface area contributed by atoms with Gasteiger partial charge in [0.15, 0.2) is 0 Å². The molecule has 28 heavy (non-hydrogen) atoms. The van der Waals surface area contributed by atoms with Crippen LogP contribution in [0.15, 0.2) is 48.8 Å². The molecule has 2 N–H and O–H groups in total. The fraction of sp³-hybridized carbons (Fsp3) is 0.364. The molecular formula is C22H25ClN4O. The van der Waals surface area contributed by atoms with Gasteiger partial charge in [-0.1, -0.05) is 11.6 Å². The summed E-state index contributed by atoms with van der Waals surface area (Å²) in [7, 11) is 1.91. The quantitative estimate of drug-likeness (QED) is 0.607. The SMILES string of the molecule is CNc1ccc(C(CC2CCOCC2)c2ccc(-c3ccc(Cl)cn3)[nH]2)nc1. The van der Waals surface area contributed by atoms with Gasteiger partial charge in [0.05, 0.1) is 28.3 Å². The third-order valence-electron chi connectivity index (χ3n) is 5.43. The molecule has 4 heterocycles. The number of anilines is 1. The van der Waals surface area contributed by atoms with Gasteiger partial charge in [0.1, 0.15) is 0 Å². The van der Waals surface area contributed by atoms with E-state index in [1.165, 1.54) is 5.69 Å². The highest BCUT2D eigenvalue weighted by molar-refractivity contribution is 6.30. The largest absolute Gasteiger partial charge is 0.387 e. The van der Waals surface area contributed by atoms with Gasteiger partial charge in [0, 0.05) is 43.8 Å². The molecule has 3 aromatic rings. The molecule has 5 nitrogen and oxygen atoms in total.